The Kier molecular flexibility index (Phi) is 7.60. The van der Waals surface area contributed by atoms with Gasteiger partial charge < -0.3 is 16.0 Å². The van der Waals surface area contributed by atoms with Gasteiger partial charge in [-0.05, 0) is 59.9 Å². The number of benzene rings is 1. The Hall–Kier alpha value is -3.20. The lowest BCUT2D eigenvalue weighted by atomic mass is 9.93. The van der Waals surface area contributed by atoms with Crippen molar-refractivity contribution in [1.82, 2.24) is 15.0 Å². The minimum Gasteiger partial charge on any atom is -0.404 e. The molecule has 0 spiro atoms. The standard InChI is InChI=1S/C28H34FN7S/c1-17(2)20-5-7-25(36-14-18(15-36)16-37-3)23-13-32-27(10-21(20)23)34-26-8-9-31-28(35-26)22(12-30)24-6-4-19(11-29)33-24/h5,7-10,12-13,17-19H,4,6,11,14-16,30H2,1-3H3,(H,31,32,34,35). The zero-order chi connectivity index (χ0) is 25.9. The van der Waals surface area contributed by atoms with Gasteiger partial charge in [-0.2, -0.15) is 11.8 Å². The molecule has 4 heterocycles. The van der Waals surface area contributed by atoms with E-state index in [-0.39, 0.29) is 6.04 Å². The van der Waals surface area contributed by atoms with Gasteiger partial charge >= 0.3 is 0 Å². The summed E-state index contributed by atoms with van der Waals surface area (Å²) in [4.78, 5) is 20.7. The minimum absolute atomic E-state index is 0.305. The van der Waals surface area contributed by atoms with Gasteiger partial charge in [0.15, 0.2) is 5.82 Å². The minimum atomic E-state index is -0.465. The van der Waals surface area contributed by atoms with Crippen LogP contribution in [0.4, 0.5) is 21.7 Å². The Bertz CT molecular complexity index is 1330. The van der Waals surface area contributed by atoms with E-state index in [2.05, 4.69) is 63.5 Å². The number of fused-ring (bicyclic) bond motifs is 1. The van der Waals surface area contributed by atoms with Crippen LogP contribution in [0.15, 0.2) is 47.9 Å². The van der Waals surface area contributed by atoms with Crippen molar-refractivity contribution in [2.45, 2.75) is 38.6 Å². The number of nitrogens with two attached hydrogens (primary N) is 1. The van der Waals surface area contributed by atoms with Crippen molar-refractivity contribution in [2.75, 3.05) is 42.0 Å². The Morgan fingerprint density at radius 2 is 2.05 bits per heavy atom. The second kappa shape index (κ2) is 11.0. The van der Waals surface area contributed by atoms with Crippen LogP contribution in [0.25, 0.3) is 16.3 Å². The fourth-order valence-corrected chi connectivity index (χ4v) is 5.84. The molecule has 2 aromatic heterocycles. The highest BCUT2D eigenvalue weighted by Crippen LogP contribution is 2.37. The molecule has 5 rings (SSSR count). The van der Waals surface area contributed by atoms with E-state index in [0.717, 1.165) is 24.7 Å². The second-order valence-corrected chi connectivity index (χ2v) is 11.0. The lowest BCUT2D eigenvalue weighted by Gasteiger charge is -2.41. The number of anilines is 3. The summed E-state index contributed by atoms with van der Waals surface area (Å²) in [6.07, 6.45) is 8.63. The van der Waals surface area contributed by atoms with Crippen molar-refractivity contribution >= 4 is 51.1 Å². The largest absolute Gasteiger partial charge is 0.404 e. The van der Waals surface area contributed by atoms with Gasteiger partial charge in [-0.3, -0.25) is 4.99 Å². The number of nitrogens with one attached hydrogen (secondary N) is 1. The summed E-state index contributed by atoms with van der Waals surface area (Å²) >= 11 is 1.92. The number of rotatable bonds is 9. The van der Waals surface area contributed by atoms with Crippen LogP contribution in [-0.2, 0) is 0 Å². The van der Waals surface area contributed by atoms with Crippen LogP contribution in [0.5, 0.6) is 0 Å². The maximum Gasteiger partial charge on any atom is 0.164 e. The quantitative estimate of drug-likeness (QED) is 0.382. The van der Waals surface area contributed by atoms with Crippen LogP contribution in [0.2, 0.25) is 0 Å². The molecule has 9 heteroatoms. The SMILES string of the molecule is CSCC1CN(c2ccc(C(C)C)c3cc(Nc4ccnc(C(=CN)C5=NC(CF)CC5)n4)ncc23)C1. The van der Waals surface area contributed by atoms with E-state index in [4.69, 9.17) is 10.7 Å². The van der Waals surface area contributed by atoms with Gasteiger partial charge in [0.1, 0.15) is 18.3 Å². The third-order valence-corrected chi connectivity index (χ3v) is 7.90. The van der Waals surface area contributed by atoms with Crippen molar-refractivity contribution < 1.29 is 4.39 Å². The highest BCUT2D eigenvalue weighted by molar-refractivity contribution is 7.98. The molecule has 3 aromatic rings. The highest BCUT2D eigenvalue weighted by atomic mass is 32.2. The molecule has 0 radical (unpaired) electrons. The number of aliphatic imine (C=N–C) groups is 1. The number of pyridine rings is 1. The number of alkyl halides is 1. The van der Waals surface area contributed by atoms with Crippen molar-refractivity contribution in [3.05, 3.63) is 54.2 Å². The molecule has 1 atom stereocenters. The number of hydrogen-bond acceptors (Lipinski definition) is 8. The van der Waals surface area contributed by atoms with E-state index in [1.165, 1.54) is 34.0 Å². The average Bonchev–Trinajstić information content (AvgIpc) is 3.35. The van der Waals surface area contributed by atoms with E-state index in [1.807, 2.05) is 18.0 Å². The third-order valence-electron chi connectivity index (χ3n) is 7.09. The highest BCUT2D eigenvalue weighted by Gasteiger charge is 2.28. The van der Waals surface area contributed by atoms with Gasteiger partial charge in [0.25, 0.3) is 0 Å². The summed E-state index contributed by atoms with van der Waals surface area (Å²) in [5, 5.41) is 5.73. The molecule has 3 N–H and O–H groups in total. The first-order valence-corrected chi connectivity index (χ1v) is 14.2. The first-order chi connectivity index (χ1) is 18.0. The molecule has 194 valence electrons. The van der Waals surface area contributed by atoms with E-state index in [0.29, 0.717) is 41.8 Å². The predicted molar refractivity (Wildman–Crippen MR) is 154 cm³/mol. The van der Waals surface area contributed by atoms with Crippen LogP contribution >= 0.6 is 11.8 Å². The van der Waals surface area contributed by atoms with Crippen LogP contribution in [-0.4, -0.2) is 58.5 Å². The summed E-state index contributed by atoms with van der Waals surface area (Å²) in [5.41, 5.74) is 9.85. The Balaban J connectivity index is 1.42. The third kappa shape index (κ3) is 5.28. The van der Waals surface area contributed by atoms with E-state index < -0.39 is 6.67 Å². The average molecular weight is 520 g/mol. The number of halogens is 1. The molecule has 0 aliphatic carbocycles. The van der Waals surface area contributed by atoms with Crippen molar-refractivity contribution in [3.8, 4) is 0 Å². The normalized spacial score (nSPS) is 18.4. The molecule has 2 aliphatic rings. The Labute approximate surface area is 221 Å². The molecule has 1 fully saturated rings. The summed E-state index contributed by atoms with van der Waals surface area (Å²) in [6.45, 7) is 6.16. The van der Waals surface area contributed by atoms with Crippen molar-refractivity contribution in [1.29, 1.82) is 0 Å². The monoisotopic (exact) mass is 519 g/mol. The van der Waals surface area contributed by atoms with Crippen LogP contribution in [0, 0.1) is 5.92 Å². The first-order valence-electron chi connectivity index (χ1n) is 12.8. The van der Waals surface area contributed by atoms with Crippen molar-refractivity contribution in [2.24, 2.45) is 16.6 Å². The van der Waals surface area contributed by atoms with E-state index >= 15 is 0 Å². The summed E-state index contributed by atoms with van der Waals surface area (Å²) < 4.78 is 13.1. The number of hydrogen-bond donors (Lipinski definition) is 2. The molecule has 1 aromatic carbocycles. The topological polar surface area (TPSA) is 92.3 Å². The van der Waals surface area contributed by atoms with E-state index in [1.54, 1.807) is 12.3 Å². The van der Waals surface area contributed by atoms with Gasteiger partial charge in [0, 0.05) is 54.4 Å². The predicted octanol–water partition coefficient (Wildman–Crippen LogP) is 5.56. The number of allylic oxidation sites excluding steroid dienone is 1. The second-order valence-electron chi connectivity index (χ2n) is 10.1. The van der Waals surface area contributed by atoms with Gasteiger partial charge in [0.05, 0.1) is 11.6 Å². The van der Waals surface area contributed by atoms with Gasteiger partial charge in [-0.15, -0.1) is 0 Å². The van der Waals surface area contributed by atoms with Crippen LogP contribution < -0.4 is 16.0 Å². The molecule has 37 heavy (non-hydrogen) atoms. The first kappa shape index (κ1) is 25.4. The molecule has 1 unspecified atom stereocenters. The summed E-state index contributed by atoms with van der Waals surface area (Å²) in [6, 6.07) is 8.11. The van der Waals surface area contributed by atoms with Gasteiger partial charge in [-0.1, -0.05) is 19.9 Å². The molecule has 2 aliphatic heterocycles. The fraction of sp³-hybridized carbons (Fsp3) is 0.429. The number of thioether (sulfide) groups is 1. The van der Waals surface area contributed by atoms with Crippen LogP contribution in [0.1, 0.15) is 44.0 Å². The molecule has 7 nitrogen and oxygen atoms in total. The smallest absolute Gasteiger partial charge is 0.164 e. The maximum absolute atomic E-state index is 13.1. The molecule has 0 saturated carbocycles. The Morgan fingerprint density at radius 3 is 2.76 bits per heavy atom. The molecule has 0 bridgehead atoms. The van der Waals surface area contributed by atoms with Crippen LogP contribution in [0.3, 0.4) is 0 Å². The lowest BCUT2D eigenvalue weighted by Crippen LogP contribution is -2.48. The molecule has 1 saturated heterocycles. The van der Waals surface area contributed by atoms with Gasteiger partial charge in [-0.25, -0.2) is 19.3 Å². The lowest BCUT2D eigenvalue weighted by molar-refractivity contribution is 0.429. The maximum atomic E-state index is 13.1. The molecular weight excluding hydrogens is 485 g/mol. The molecular formula is C28H34FN7S. The summed E-state index contributed by atoms with van der Waals surface area (Å²) in [5.74, 6) is 4.14. The molecule has 0 amide bonds. The zero-order valence-electron chi connectivity index (χ0n) is 21.6. The number of aromatic nitrogens is 3. The Morgan fingerprint density at radius 1 is 1.22 bits per heavy atom. The van der Waals surface area contributed by atoms with Gasteiger partial charge in [0.2, 0.25) is 0 Å². The zero-order valence-corrected chi connectivity index (χ0v) is 22.4. The fourth-order valence-electron chi connectivity index (χ4n) is 5.16. The summed E-state index contributed by atoms with van der Waals surface area (Å²) in [7, 11) is 0. The number of nitrogens with zero attached hydrogens (tertiary/aromatic N) is 5. The van der Waals surface area contributed by atoms with E-state index in [9.17, 15) is 4.39 Å². The van der Waals surface area contributed by atoms with Crippen molar-refractivity contribution in [3.63, 3.8) is 0 Å².